The number of β-amino-alcohol motifs (C(OH)–C–C–N with tert-alkyl or cyclic N) is 1. The average molecular weight is 1050 g/mol. The molecule has 15 nitrogen and oxygen atoms in total. The van der Waals surface area contributed by atoms with Gasteiger partial charge in [0.25, 0.3) is 5.91 Å². The number of carbonyl (C=O) groups is 3. The Morgan fingerprint density at radius 2 is 1.68 bits per heavy atom. The van der Waals surface area contributed by atoms with Gasteiger partial charge in [0.05, 0.1) is 50.9 Å². The molecule has 3 amide bonds. The lowest BCUT2D eigenvalue weighted by molar-refractivity contribution is -0.164. The number of rotatable bonds is 17. The molecule has 2 unspecified atom stereocenters. The number of thiazole rings is 1. The van der Waals surface area contributed by atoms with E-state index in [1.165, 1.54) is 0 Å². The third-order valence-electron chi connectivity index (χ3n) is 15.9. The molecule has 0 spiro atoms. The summed E-state index contributed by atoms with van der Waals surface area (Å²) in [6.45, 7) is 29.1. The molecule has 1 aliphatic carbocycles. The predicted octanol–water partition coefficient (Wildman–Crippen LogP) is 7.84. The lowest BCUT2D eigenvalue weighted by Crippen LogP contribution is -2.74. The third kappa shape index (κ3) is 12.1. The minimum absolute atomic E-state index is 0.0848. The Balaban J connectivity index is 0.756. The van der Waals surface area contributed by atoms with Gasteiger partial charge in [-0.05, 0) is 80.0 Å². The number of anilines is 1. The van der Waals surface area contributed by atoms with Crippen molar-refractivity contribution in [2.75, 3.05) is 63.8 Å². The number of hydrogen-bond acceptors (Lipinski definition) is 13. The summed E-state index contributed by atoms with van der Waals surface area (Å²) in [4.78, 5) is 60.6. The Hall–Kier alpha value is -5.57. The van der Waals surface area contributed by atoms with E-state index in [9.17, 15) is 24.8 Å². The van der Waals surface area contributed by atoms with E-state index in [0.29, 0.717) is 39.9 Å². The molecule has 0 radical (unpaired) electrons. The summed E-state index contributed by atoms with van der Waals surface area (Å²) in [5.41, 5.74) is 5.31. The minimum Gasteiger partial charge on any atom is -0.489 e. The van der Waals surface area contributed by atoms with E-state index in [1.807, 2.05) is 45.3 Å². The van der Waals surface area contributed by atoms with E-state index in [4.69, 9.17) is 21.3 Å². The molecule has 0 bridgehead atoms. The van der Waals surface area contributed by atoms with E-state index >= 15 is 0 Å². The number of nitrogens with zero attached hydrogens (tertiary/aromatic N) is 7. The number of ether oxygens (including phenoxy) is 1. The van der Waals surface area contributed by atoms with Gasteiger partial charge < -0.3 is 40.5 Å². The van der Waals surface area contributed by atoms with Gasteiger partial charge in [0.2, 0.25) is 11.8 Å². The zero-order chi connectivity index (χ0) is 53.3. The van der Waals surface area contributed by atoms with Gasteiger partial charge in [-0.2, -0.15) is 5.26 Å². The van der Waals surface area contributed by atoms with Gasteiger partial charge >= 0.3 is 0 Å². The molecule has 396 valence electrons. The number of piperazine rings is 1. The van der Waals surface area contributed by atoms with Gasteiger partial charge in [0.15, 0.2) is 0 Å². The van der Waals surface area contributed by atoms with Crippen LogP contribution in [0.1, 0.15) is 108 Å². The number of benzene rings is 2. The Kier molecular flexibility index (Phi) is 16.5. The number of aryl methyl sites for hydroxylation is 1. The number of hydrogen-bond donors (Lipinski definition) is 4. The number of aromatic nitrogens is 2. The number of likely N-dealkylation sites (tertiary alicyclic amines) is 1. The van der Waals surface area contributed by atoms with E-state index in [-0.39, 0.29) is 59.8 Å². The quantitative estimate of drug-likeness (QED) is 0.0807. The predicted molar refractivity (Wildman–Crippen MR) is 292 cm³/mol. The van der Waals surface area contributed by atoms with Gasteiger partial charge in [-0.25, -0.2) is 9.97 Å². The number of nitrogens with one attached hydrogen (secondary N) is 3. The molecule has 4 aromatic rings. The number of aliphatic hydroxyl groups is 1. The fourth-order valence-corrected chi connectivity index (χ4v) is 12.9. The first-order valence-electron chi connectivity index (χ1n) is 26.1. The highest BCUT2D eigenvalue weighted by Crippen LogP contribution is 2.55. The van der Waals surface area contributed by atoms with Crippen LogP contribution in [-0.4, -0.2) is 137 Å². The van der Waals surface area contributed by atoms with E-state index < -0.39 is 23.6 Å². The van der Waals surface area contributed by atoms with Crippen LogP contribution in [0.25, 0.3) is 10.4 Å². The second-order valence-corrected chi connectivity index (χ2v) is 24.5. The number of amides is 3. The highest BCUT2D eigenvalue weighted by atomic mass is 35.5. The molecule has 2 aromatic carbocycles. The molecule has 2 aromatic heterocycles. The van der Waals surface area contributed by atoms with Crippen LogP contribution in [-0.2, 0) is 9.59 Å². The molecule has 17 heteroatoms. The summed E-state index contributed by atoms with van der Waals surface area (Å²) in [7, 11) is 0. The van der Waals surface area contributed by atoms with Crippen LogP contribution in [0.3, 0.4) is 0 Å². The van der Waals surface area contributed by atoms with Crippen molar-refractivity contribution in [2.24, 2.45) is 22.2 Å². The molecular formula is C57H75ClN10O5S. The van der Waals surface area contributed by atoms with Crippen LogP contribution in [0.5, 0.6) is 5.75 Å². The number of carbonyl (C=O) groups excluding carboxylic acids is 3. The van der Waals surface area contributed by atoms with E-state index in [1.54, 1.807) is 40.6 Å². The fraction of sp³-hybridized carbons (Fsp3) is 0.544. The van der Waals surface area contributed by atoms with Gasteiger partial charge in [0.1, 0.15) is 29.8 Å². The number of halogens is 1. The smallest absolute Gasteiger partial charge is 0.253 e. The first-order valence-corrected chi connectivity index (χ1v) is 27.4. The van der Waals surface area contributed by atoms with E-state index in [0.717, 1.165) is 86.2 Å². The highest BCUT2D eigenvalue weighted by molar-refractivity contribution is 7.13. The van der Waals surface area contributed by atoms with Crippen molar-refractivity contribution in [2.45, 2.75) is 118 Å². The maximum atomic E-state index is 14.4. The lowest BCUT2D eigenvalue weighted by atomic mass is 9.49. The van der Waals surface area contributed by atoms with Crippen LogP contribution in [0.15, 0.2) is 78.6 Å². The third-order valence-corrected chi connectivity index (χ3v) is 17.2. The Morgan fingerprint density at radius 3 is 2.30 bits per heavy atom. The van der Waals surface area contributed by atoms with Gasteiger partial charge in [0, 0.05) is 93.1 Å². The molecule has 5 atom stereocenters. The maximum Gasteiger partial charge on any atom is 0.253 e. The van der Waals surface area contributed by atoms with Crippen molar-refractivity contribution in [3.8, 4) is 22.3 Å². The Morgan fingerprint density at radius 1 is 0.973 bits per heavy atom. The molecule has 4 fully saturated rings. The molecule has 8 rings (SSSR count). The molecule has 3 aliphatic heterocycles. The molecule has 3 saturated heterocycles. The summed E-state index contributed by atoms with van der Waals surface area (Å²) in [5, 5.41) is 30.3. The number of pyridine rings is 1. The fourth-order valence-electron chi connectivity index (χ4n) is 11.9. The average Bonchev–Trinajstić information content (AvgIpc) is 4.13. The molecule has 4 aliphatic rings. The largest absolute Gasteiger partial charge is 0.489 e. The minimum atomic E-state index is -0.785. The van der Waals surface area contributed by atoms with Crippen molar-refractivity contribution in [1.29, 1.82) is 5.26 Å². The van der Waals surface area contributed by atoms with Gasteiger partial charge in [-0.1, -0.05) is 90.9 Å². The van der Waals surface area contributed by atoms with Crippen molar-refractivity contribution >= 4 is 46.5 Å². The van der Waals surface area contributed by atoms with Crippen molar-refractivity contribution in [3.05, 3.63) is 106 Å². The number of nitriles is 1. The van der Waals surface area contributed by atoms with Crippen LogP contribution in [0.4, 0.5) is 5.82 Å². The van der Waals surface area contributed by atoms with Crippen LogP contribution in [0, 0.1) is 40.4 Å². The summed E-state index contributed by atoms with van der Waals surface area (Å²) >= 11 is 7.90. The molecule has 5 heterocycles. The first-order chi connectivity index (χ1) is 35.0. The first kappa shape index (κ1) is 54.7. The topological polar surface area (TPSA) is 179 Å². The van der Waals surface area contributed by atoms with Crippen molar-refractivity contribution < 1.29 is 24.2 Å². The zero-order valence-corrected chi connectivity index (χ0v) is 46.2. The standard InChI is InChI=1S/C57H75ClN10O5S/c1-35(39-11-13-40(14-12-39)49-37(3)61-34-74-49)62-36(2)46-27-43(69)32-68(46)52(72)50(55(4,5)6)63-48(70)33-66-25-23-65(24-26-66)21-19-38-20-22-67(31-38)47-18-16-42(30-60-47)51(71)64-53-56(7,8)54(57(53,9)10)73-44-17-15-41(29-59)45(58)28-44/h11-18,28,30,34-35,38,43,46,50,53-54,62,69H,2,19-27,31-33H2,1,3-10H3,(H,63,70)(H,64,71)/t35-,38?,43+,46?,50+,53?,54?/m0/s1. The normalized spacial score (nSPS) is 23.6. The van der Waals surface area contributed by atoms with Crippen LogP contribution < -0.4 is 25.6 Å². The SMILES string of the molecule is C=C(N[C@@H](C)c1ccc(-c2scnc2C)cc1)C1C[C@@H](O)CN1C(=O)[C@@H](NC(=O)CN1CCN(CCC2CCN(c3ccc(C(=O)NC4C(C)(C)C(Oc5ccc(C#N)c(Cl)c5)C4(C)C)cn3)C2)CC1)C(C)(C)C. The lowest BCUT2D eigenvalue weighted by Gasteiger charge is -2.63. The summed E-state index contributed by atoms with van der Waals surface area (Å²) in [5.74, 6) is 1.42. The Labute approximate surface area is 446 Å². The summed E-state index contributed by atoms with van der Waals surface area (Å²) in [6, 6.07) is 17.9. The number of aliphatic hydroxyl groups excluding tert-OH is 1. The Bertz CT molecular complexity index is 2690. The van der Waals surface area contributed by atoms with Crippen LogP contribution >= 0.6 is 22.9 Å². The molecular weight excluding hydrogens is 972 g/mol. The van der Waals surface area contributed by atoms with Crippen molar-refractivity contribution in [1.82, 2.24) is 40.6 Å². The monoisotopic (exact) mass is 1050 g/mol. The van der Waals surface area contributed by atoms with Crippen molar-refractivity contribution in [3.63, 3.8) is 0 Å². The summed E-state index contributed by atoms with van der Waals surface area (Å²) < 4.78 is 6.40. The summed E-state index contributed by atoms with van der Waals surface area (Å²) in [6.07, 6.45) is 3.28. The molecule has 1 saturated carbocycles. The molecule has 74 heavy (non-hydrogen) atoms. The van der Waals surface area contributed by atoms with Gasteiger partial charge in [-0.15, -0.1) is 11.3 Å². The highest BCUT2D eigenvalue weighted by Gasteiger charge is 2.64. The second-order valence-electron chi connectivity index (χ2n) is 23.3. The van der Waals surface area contributed by atoms with E-state index in [2.05, 4.69) is 107 Å². The van der Waals surface area contributed by atoms with Gasteiger partial charge in [-0.3, -0.25) is 19.3 Å². The maximum absolute atomic E-state index is 14.4. The van der Waals surface area contributed by atoms with Crippen LogP contribution in [0.2, 0.25) is 5.02 Å². The second kappa shape index (κ2) is 22.3. The zero-order valence-electron chi connectivity index (χ0n) is 44.6. The molecule has 4 N–H and O–H groups in total.